The third-order valence-corrected chi connectivity index (χ3v) is 5.84. The lowest BCUT2D eigenvalue weighted by molar-refractivity contribution is -0.644. The van der Waals surface area contributed by atoms with E-state index in [1.807, 2.05) is 45.3 Å². The largest absolute Gasteiger partial charge is 0.416 e. The van der Waals surface area contributed by atoms with E-state index in [1.54, 1.807) is 0 Å². The number of alkyl halides is 3. The molecule has 0 aliphatic carbocycles. The molecule has 5 heteroatoms. The lowest BCUT2D eigenvalue weighted by Crippen LogP contribution is -2.30. The van der Waals surface area contributed by atoms with Crippen molar-refractivity contribution in [1.82, 2.24) is 4.98 Å². The molecular formula is C26H20F3N2+. The molecule has 0 saturated carbocycles. The van der Waals surface area contributed by atoms with E-state index in [4.69, 9.17) is 4.98 Å². The standard InChI is InChI=1S/C26H20F3N2/c1-15-12-18(17-8-10-19(11-9-17)26(27,28)29)13-22-20-6-4-5-7-21(20)24-25(23(15)22)31(3)14-16(2)30-24/h4-14H,1-3H3/q+1. The van der Waals surface area contributed by atoms with Crippen molar-refractivity contribution >= 4 is 32.6 Å². The summed E-state index contributed by atoms with van der Waals surface area (Å²) in [5.41, 5.74) is 5.02. The highest BCUT2D eigenvalue weighted by Gasteiger charge is 2.30. The maximum Gasteiger partial charge on any atom is 0.416 e. The van der Waals surface area contributed by atoms with Gasteiger partial charge in [0.15, 0.2) is 6.20 Å². The number of benzene rings is 4. The maximum absolute atomic E-state index is 13.0. The van der Waals surface area contributed by atoms with Crippen LogP contribution < -0.4 is 4.57 Å². The van der Waals surface area contributed by atoms with Crippen molar-refractivity contribution in [2.24, 2.45) is 7.05 Å². The monoisotopic (exact) mass is 417 g/mol. The molecule has 4 aromatic carbocycles. The predicted octanol–water partition coefficient (Wildman–Crippen LogP) is 6.67. The molecule has 0 N–H and O–H groups in total. The van der Waals surface area contributed by atoms with Crippen molar-refractivity contribution in [3.05, 3.63) is 83.7 Å². The summed E-state index contributed by atoms with van der Waals surface area (Å²) in [5.74, 6) is 0. The fourth-order valence-corrected chi connectivity index (χ4v) is 4.51. The van der Waals surface area contributed by atoms with Crippen LogP contribution in [0.5, 0.6) is 0 Å². The Hall–Kier alpha value is -3.47. The Kier molecular flexibility index (Phi) is 4.26. The molecule has 0 fully saturated rings. The molecule has 31 heavy (non-hydrogen) atoms. The van der Waals surface area contributed by atoms with E-state index in [0.29, 0.717) is 0 Å². The number of halogens is 3. The Labute approximate surface area is 177 Å². The van der Waals surface area contributed by atoms with Gasteiger partial charge in [0.2, 0.25) is 5.52 Å². The van der Waals surface area contributed by atoms with E-state index in [-0.39, 0.29) is 0 Å². The van der Waals surface area contributed by atoms with Crippen LogP contribution in [0.2, 0.25) is 0 Å². The first-order valence-corrected chi connectivity index (χ1v) is 10.0. The molecule has 0 unspecified atom stereocenters. The van der Waals surface area contributed by atoms with Gasteiger partial charge in [0.25, 0.3) is 0 Å². The molecule has 1 aromatic heterocycles. The summed E-state index contributed by atoms with van der Waals surface area (Å²) in [6, 6.07) is 17.6. The number of hydrogen-bond acceptors (Lipinski definition) is 1. The fraction of sp³-hybridized carbons (Fsp3) is 0.154. The van der Waals surface area contributed by atoms with Gasteiger partial charge in [-0.05, 0) is 59.5 Å². The first kappa shape index (κ1) is 19.5. The van der Waals surface area contributed by atoms with Crippen LogP contribution in [0.3, 0.4) is 0 Å². The Balaban J connectivity index is 1.86. The quantitative estimate of drug-likeness (QED) is 0.220. The van der Waals surface area contributed by atoms with E-state index in [0.717, 1.165) is 67.1 Å². The zero-order valence-electron chi connectivity index (χ0n) is 17.4. The van der Waals surface area contributed by atoms with Crippen molar-refractivity contribution in [2.75, 3.05) is 0 Å². The number of aryl methyl sites for hydroxylation is 3. The van der Waals surface area contributed by atoms with Crippen LogP contribution >= 0.6 is 0 Å². The first-order chi connectivity index (χ1) is 14.7. The van der Waals surface area contributed by atoms with Gasteiger partial charge < -0.3 is 0 Å². The van der Waals surface area contributed by atoms with Crippen molar-refractivity contribution in [3.8, 4) is 11.1 Å². The summed E-state index contributed by atoms with van der Waals surface area (Å²) in [7, 11) is 2.02. The topological polar surface area (TPSA) is 16.8 Å². The molecule has 0 aliphatic heterocycles. The minimum absolute atomic E-state index is 0.640. The van der Waals surface area contributed by atoms with Crippen molar-refractivity contribution < 1.29 is 17.7 Å². The molecule has 154 valence electrons. The van der Waals surface area contributed by atoms with Crippen LogP contribution in [0.1, 0.15) is 16.8 Å². The molecule has 2 nitrogen and oxygen atoms in total. The minimum atomic E-state index is -4.34. The van der Waals surface area contributed by atoms with Gasteiger partial charge in [-0.1, -0.05) is 42.5 Å². The Morgan fingerprint density at radius 1 is 0.806 bits per heavy atom. The van der Waals surface area contributed by atoms with Gasteiger partial charge in [-0.25, -0.2) is 4.98 Å². The van der Waals surface area contributed by atoms with Gasteiger partial charge in [-0.2, -0.15) is 17.7 Å². The lowest BCUT2D eigenvalue weighted by atomic mass is 9.92. The number of rotatable bonds is 1. The number of aromatic nitrogens is 2. The summed E-state index contributed by atoms with van der Waals surface area (Å²) in [6.45, 7) is 4.03. The second-order valence-corrected chi connectivity index (χ2v) is 8.03. The molecule has 0 atom stereocenters. The number of hydrogen-bond donors (Lipinski definition) is 0. The van der Waals surface area contributed by atoms with E-state index < -0.39 is 11.7 Å². The zero-order valence-corrected chi connectivity index (χ0v) is 17.4. The van der Waals surface area contributed by atoms with Crippen molar-refractivity contribution in [3.63, 3.8) is 0 Å². The number of nitrogens with zero attached hydrogens (tertiary/aromatic N) is 2. The minimum Gasteiger partial charge on any atom is -0.240 e. The molecule has 0 spiro atoms. The Bertz CT molecular complexity index is 1480. The van der Waals surface area contributed by atoms with Gasteiger partial charge in [0, 0.05) is 5.39 Å². The van der Waals surface area contributed by atoms with Gasteiger partial charge >= 0.3 is 6.18 Å². The van der Waals surface area contributed by atoms with Crippen LogP contribution in [0, 0.1) is 13.8 Å². The summed E-state index contributed by atoms with van der Waals surface area (Å²) in [5, 5.41) is 4.33. The summed E-state index contributed by atoms with van der Waals surface area (Å²) >= 11 is 0. The molecule has 5 aromatic rings. The van der Waals surface area contributed by atoms with E-state index >= 15 is 0 Å². The first-order valence-electron chi connectivity index (χ1n) is 10.0. The van der Waals surface area contributed by atoms with Crippen LogP contribution in [0.25, 0.3) is 43.7 Å². The number of fused-ring (bicyclic) bond motifs is 6. The third-order valence-electron chi connectivity index (χ3n) is 5.84. The molecule has 5 rings (SSSR count). The predicted molar refractivity (Wildman–Crippen MR) is 118 cm³/mol. The van der Waals surface area contributed by atoms with Crippen LogP contribution in [0.4, 0.5) is 13.2 Å². The highest BCUT2D eigenvalue weighted by Crippen LogP contribution is 2.38. The molecule has 0 radical (unpaired) electrons. The highest BCUT2D eigenvalue weighted by molar-refractivity contribution is 6.23. The summed E-state index contributed by atoms with van der Waals surface area (Å²) in [4.78, 5) is 4.84. The third kappa shape index (κ3) is 3.12. The second kappa shape index (κ2) is 6.77. The van der Waals surface area contributed by atoms with Gasteiger partial charge in [-0.3, -0.25) is 0 Å². The molecule has 0 amide bonds. The SMILES string of the molecule is Cc1c[n+](C)c2c(n1)c1ccccc1c1cc(-c3ccc(C(F)(F)F)cc3)cc(C)c12. The van der Waals surface area contributed by atoms with Crippen molar-refractivity contribution in [1.29, 1.82) is 0 Å². The molecule has 0 bridgehead atoms. The maximum atomic E-state index is 13.0. The Morgan fingerprint density at radius 2 is 1.48 bits per heavy atom. The molecule has 1 heterocycles. The molecule has 0 aliphatic rings. The van der Waals surface area contributed by atoms with Gasteiger partial charge in [-0.15, -0.1) is 0 Å². The van der Waals surface area contributed by atoms with E-state index in [1.165, 1.54) is 12.1 Å². The van der Waals surface area contributed by atoms with Crippen LogP contribution in [-0.2, 0) is 13.2 Å². The van der Waals surface area contributed by atoms with Crippen molar-refractivity contribution in [2.45, 2.75) is 20.0 Å². The molecule has 0 saturated heterocycles. The van der Waals surface area contributed by atoms with E-state index in [9.17, 15) is 13.2 Å². The van der Waals surface area contributed by atoms with E-state index in [2.05, 4.69) is 22.8 Å². The molecular weight excluding hydrogens is 397 g/mol. The average Bonchev–Trinajstić information content (AvgIpc) is 2.73. The zero-order chi connectivity index (χ0) is 21.9. The highest BCUT2D eigenvalue weighted by atomic mass is 19.4. The van der Waals surface area contributed by atoms with Crippen LogP contribution in [-0.4, -0.2) is 4.98 Å². The fourth-order valence-electron chi connectivity index (χ4n) is 4.51. The smallest absolute Gasteiger partial charge is 0.240 e. The van der Waals surface area contributed by atoms with Gasteiger partial charge in [0.1, 0.15) is 18.3 Å². The summed E-state index contributed by atoms with van der Waals surface area (Å²) < 4.78 is 41.0. The normalized spacial score (nSPS) is 12.2. The average molecular weight is 417 g/mol. The van der Waals surface area contributed by atoms with Gasteiger partial charge in [0.05, 0.1) is 10.9 Å². The lowest BCUT2D eigenvalue weighted by Gasteiger charge is -2.13. The summed E-state index contributed by atoms with van der Waals surface area (Å²) in [6.07, 6.45) is -2.33. The van der Waals surface area contributed by atoms with Crippen LogP contribution in [0.15, 0.2) is 66.9 Å². The Morgan fingerprint density at radius 3 is 2.16 bits per heavy atom. The second-order valence-electron chi connectivity index (χ2n) is 8.03.